The summed E-state index contributed by atoms with van der Waals surface area (Å²) in [6.07, 6.45) is 4.22. The van der Waals surface area contributed by atoms with Crippen molar-refractivity contribution in [2.75, 3.05) is 44.2 Å². The van der Waals surface area contributed by atoms with Crippen LogP contribution in [0.25, 0.3) is 0 Å². The Labute approximate surface area is 158 Å². The van der Waals surface area contributed by atoms with Crippen LogP contribution < -0.4 is 15.8 Å². The van der Waals surface area contributed by atoms with Crippen molar-refractivity contribution in [1.82, 2.24) is 24.8 Å². The molecule has 8 nitrogen and oxygen atoms in total. The van der Waals surface area contributed by atoms with Crippen LogP contribution in [0.3, 0.4) is 0 Å². The van der Waals surface area contributed by atoms with Crippen LogP contribution in [-0.2, 0) is 11.3 Å². The minimum absolute atomic E-state index is 0.00148. The van der Waals surface area contributed by atoms with Crippen molar-refractivity contribution in [3.63, 3.8) is 0 Å². The third kappa shape index (κ3) is 5.37. The fourth-order valence-electron chi connectivity index (χ4n) is 3.19. The maximum absolute atomic E-state index is 12.1. The number of aromatic nitrogens is 3. The first-order valence-corrected chi connectivity index (χ1v) is 9.31. The fourth-order valence-corrected chi connectivity index (χ4v) is 3.19. The molecule has 1 aliphatic rings. The first-order valence-electron chi connectivity index (χ1n) is 9.31. The molecule has 8 heteroatoms. The summed E-state index contributed by atoms with van der Waals surface area (Å²) < 4.78 is 1.73. The number of amides is 1. The topological polar surface area (TPSA) is 83.4 Å². The summed E-state index contributed by atoms with van der Waals surface area (Å²) in [6.45, 7) is 6.74. The van der Waals surface area contributed by atoms with E-state index in [1.54, 1.807) is 35.2 Å². The molecule has 0 saturated carbocycles. The molecule has 0 aliphatic carbocycles. The summed E-state index contributed by atoms with van der Waals surface area (Å²) in [7, 11) is 0. The molecule has 1 amide bonds. The van der Waals surface area contributed by atoms with Crippen molar-refractivity contribution >= 4 is 11.9 Å². The van der Waals surface area contributed by atoms with E-state index >= 15 is 0 Å². The van der Waals surface area contributed by atoms with Crippen molar-refractivity contribution in [1.29, 1.82) is 0 Å². The third-order valence-corrected chi connectivity index (χ3v) is 4.72. The fraction of sp³-hybridized carbons (Fsp3) is 0.474. The molecule has 1 fully saturated rings. The van der Waals surface area contributed by atoms with Gasteiger partial charge in [-0.3, -0.25) is 14.5 Å². The summed E-state index contributed by atoms with van der Waals surface area (Å²) in [5.41, 5.74) is 0.940. The van der Waals surface area contributed by atoms with Gasteiger partial charge in [0.1, 0.15) is 0 Å². The third-order valence-electron chi connectivity index (χ3n) is 4.72. The zero-order valence-electron chi connectivity index (χ0n) is 15.7. The van der Waals surface area contributed by atoms with Crippen LogP contribution in [0.15, 0.2) is 41.5 Å². The number of piperazine rings is 1. The van der Waals surface area contributed by atoms with Gasteiger partial charge in [0.15, 0.2) is 0 Å². The molecule has 0 atom stereocenters. The Hall–Kier alpha value is -2.74. The Morgan fingerprint density at radius 3 is 2.56 bits per heavy atom. The van der Waals surface area contributed by atoms with E-state index in [4.69, 9.17) is 0 Å². The average Bonchev–Trinajstić information content (AvgIpc) is 2.68. The van der Waals surface area contributed by atoms with E-state index in [0.717, 1.165) is 44.2 Å². The summed E-state index contributed by atoms with van der Waals surface area (Å²) in [4.78, 5) is 36.8. The molecule has 0 unspecified atom stereocenters. The molecule has 0 bridgehead atoms. The molecule has 1 aliphatic heterocycles. The molecular weight excluding hydrogens is 344 g/mol. The normalized spacial score (nSPS) is 14.9. The number of carbonyl (C=O) groups is 1. The number of pyridine rings is 1. The highest BCUT2D eigenvalue weighted by molar-refractivity contribution is 5.78. The van der Waals surface area contributed by atoms with E-state index < -0.39 is 0 Å². The molecule has 0 spiro atoms. The zero-order chi connectivity index (χ0) is 19.1. The van der Waals surface area contributed by atoms with Gasteiger partial charge >= 0.3 is 0 Å². The van der Waals surface area contributed by atoms with Crippen molar-refractivity contribution < 1.29 is 4.79 Å². The van der Waals surface area contributed by atoms with Gasteiger partial charge in [-0.2, -0.15) is 0 Å². The number of aryl methyl sites for hydroxylation is 1. The maximum atomic E-state index is 12.1. The van der Waals surface area contributed by atoms with Gasteiger partial charge < -0.3 is 14.8 Å². The molecule has 2 aromatic rings. The summed E-state index contributed by atoms with van der Waals surface area (Å²) >= 11 is 0. The number of rotatable bonds is 7. The standard InChI is InChI=1S/C19H26N6O2/c1-16-5-2-6-18(27)25(16)10-4-9-20-17(26)15-23-11-13-24(14-12-23)19-21-7-3-8-22-19/h2-3,5-8H,4,9-15H2,1H3,(H,20,26). The highest BCUT2D eigenvalue weighted by Gasteiger charge is 2.20. The average molecular weight is 370 g/mol. The lowest BCUT2D eigenvalue weighted by Gasteiger charge is -2.34. The Kier molecular flexibility index (Phi) is 6.54. The van der Waals surface area contributed by atoms with Crippen LogP contribution in [0.4, 0.5) is 5.95 Å². The SMILES string of the molecule is Cc1cccc(=O)n1CCCNC(=O)CN1CCN(c2ncccn2)CC1. The van der Waals surface area contributed by atoms with E-state index in [-0.39, 0.29) is 11.5 Å². The number of nitrogens with one attached hydrogen (secondary N) is 1. The zero-order valence-corrected chi connectivity index (χ0v) is 15.7. The van der Waals surface area contributed by atoms with Gasteiger partial charge in [0.2, 0.25) is 11.9 Å². The summed E-state index contributed by atoms with van der Waals surface area (Å²) in [5.74, 6) is 0.768. The van der Waals surface area contributed by atoms with E-state index in [1.165, 1.54) is 0 Å². The van der Waals surface area contributed by atoms with Crippen LogP contribution in [0, 0.1) is 6.92 Å². The predicted molar refractivity (Wildman–Crippen MR) is 104 cm³/mol. The second kappa shape index (κ2) is 9.27. The minimum Gasteiger partial charge on any atom is -0.355 e. The van der Waals surface area contributed by atoms with Crippen molar-refractivity contribution in [2.24, 2.45) is 0 Å². The Bertz CT molecular complexity index is 799. The first-order chi connectivity index (χ1) is 13.1. The van der Waals surface area contributed by atoms with Crippen molar-refractivity contribution in [3.05, 3.63) is 52.7 Å². The van der Waals surface area contributed by atoms with E-state index in [2.05, 4.69) is 25.1 Å². The molecule has 2 aromatic heterocycles. The number of nitrogens with zero attached hydrogens (tertiary/aromatic N) is 5. The Morgan fingerprint density at radius 2 is 1.85 bits per heavy atom. The first kappa shape index (κ1) is 19.0. The molecule has 1 saturated heterocycles. The highest BCUT2D eigenvalue weighted by Crippen LogP contribution is 2.09. The Morgan fingerprint density at radius 1 is 1.11 bits per heavy atom. The van der Waals surface area contributed by atoms with E-state index in [0.29, 0.717) is 19.6 Å². The van der Waals surface area contributed by atoms with Gasteiger partial charge in [0, 0.05) is 63.4 Å². The van der Waals surface area contributed by atoms with Crippen molar-refractivity contribution in [2.45, 2.75) is 19.9 Å². The van der Waals surface area contributed by atoms with Gasteiger partial charge in [-0.15, -0.1) is 0 Å². The van der Waals surface area contributed by atoms with E-state index in [1.807, 2.05) is 13.0 Å². The number of hydrogen-bond donors (Lipinski definition) is 1. The Balaban J connectivity index is 1.35. The lowest BCUT2D eigenvalue weighted by Crippen LogP contribution is -2.50. The van der Waals surface area contributed by atoms with Crippen LogP contribution >= 0.6 is 0 Å². The lowest BCUT2D eigenvalue weighted by molar-refractivity contribution is -0.122. The second-order valence-corrected chi connectivity index (χ2v) is 6.67. The molecular formula is C19H26N6O2. The predicted octanol–water partition coefficient (Wildman–Crippen LogP) is 0.275. The largest absolute Gasteiger partial charge is 0.355 e. The lowest BCUT2D eigenvalue weighted by atomic mass is 10.3. The number of hydrogen-bond acceptors (Lipinski definition) is 6. The molecule has 3 heterocycles. The highest BCUT2D eigenvalue weighted by atomic mass is 16.2. The summed E-state index contributed by atoms with van der Waals surface area (Å²) in [6, 6.07) is 7.05. The second-order valence-electron chi connectivity index (χ2n) is 6.67. The monoisotopic (exact) mass is 370 g/mol. The van der Waals surface area contributed by atoms with Crippen molar-refractivity contribution in [3.8, 4) is 0 Å². The van der Waals surface area contributed by atoms with Gasteiger partial charge in [0.05, 0.1) is 6.54 Å². The molecule has 0 aromatic carbocycles. The van der Waals surface area contributed by atoms with Gasteiger partial charge in [-0.25, -0.2) is 9.97 Å². The van der Waals surface area contributed by atoms with E-state index in [9.17, 15) is 9.59 Å². The van der Waals surface area contributed by atoms with Gasteiger partial charge in [-0.05, 0) is 25.5 Å². The molecule has 1 N–H and O–H groups in total. The molecule has 3 rings (SSSR count). The van der Waals surface area contributed by atoms with Gasteiger partial charge in [-0.1, -0.05) is 6.07 Å². The van der Waals surface area contributed by atoms with Gasteiger partial charge in [0.25, 0.3) is 5.56 Å². The smallest absolute Gasteiger partial charge is 0.250 e. The minimum atomic E-state index is 0.00148. The molecule has 0 radical (unpaired) electrons. The number of anilines is 1. The quantitative estimate of drug-likeness (QED) is 0.705. The van der Waals surface area contributed by atoms with Crippen LogP contribution in [0.2, 0.25) is 0 Å². The van der Waals surface area contributed by atoms with Crippen LogP contribution in [0.5, 0.6) is 0 Å². The van der Waals surface area contributed by atoms with Crippen LogP contribution in [-0.4, -0.2) is 64.6 Å². The molecule has 27 heavy (non-hydrogen) atoms. The number of carbonyl (C=O) groups excluding carboxylic acids is 1. The maximum Gasteiger partial charge on any atom is 0.250 e. The summed E-state index contributed by atoms with van der Waals surface area (Å²) in [5, 5.41) is 2.95. The molecule has 144 valence electrons. The van der Waals surface area contributed by atoms with Crippen LogP contribution in [0.1, 0.15) is 12.1 Å².